The Kier molecular flexibility index (Phi) is 3.86. The zero-order valence-electron chi connectivity index (χ0n) is 11.7. The van der Waals surface area contributed by atoms with Crippen molar-refractivity contribution in [2.75, 3.05) is 0 Å². The number of aromatic carboxylic acids is 1. The number of hydrogen-bond donors (Lipinski definition) is 1. The van der Waals surface area contributed by atoms with Gasteiger partial charge in [-0.1, -0.05) is 30.3 Å². The molecule has 0 amide bonds. The number of nitrogens with zero attached hydrogens (tertiary/aromatic N) is 1. The van der Waals surface area contributed by atoms with Crippen LogP contribution in [0.25, 0.3) is 0 Å². The van der Waals surface area contributed by atoms with Gasteiger partial charge in [0, 0.05) is 5.69 Å². The Morgan fingerprint density at radius 2 is 1.95 bits per heavy atom. The third-order valence-corrected chi connectivity index (χ3v) is 3.71. The Labute approximate surface area is 123 Å². The Bertz CT molecular complexity index is 653. The number of aromatic nitrogens is 1. The topological polar surface area (TPSA) is 59.4 Å². The Morgan fingerprint density at radius 1 is 1.19 bits per heavy atom. The number of rotatable bonds is 4. The summed E-state index contributed by atoms with van der Waals surface area (Å²) in [6.07, 6.45) is 4.00. The summed E-state index contributed by atoms with van der Waals surface area (Å²) >= 11 is 0. The first kappa shape index (κ1) is 13.6. The predicted molar refractivity (Wildman–Crippen MR) is 78.6 cm³/mol. The van der Waals surface area contributed by atoms with E-state index in [0.717, 1.165) is 42.5 Å². The first-order chi connectivity index (χ1) is 10.2. The van der Waals surface area contributed by atoms with Crippen LogP contribution in [0.4, 0.5) is 0 Å². The van der Waals surface area contributed by atoms with Gasteiger partial charge in [-0.3, -0.25) is 0 Å². The molecule has 108 valence electrons. The van der Waals surface area contributed by atoms with Gasteiger partial charge >= 0.3 is 5.97 Å². The van der Waals surface area contributed by atoms with Crippen LogP contribution in [0.5, 0.6) is 5.88 Å². The van der Waals surface area contributed by atoms with Crippen molar-refractivity contribution in [3.63, 3.8) is 0 Å². The normalized spacial score (nSPS) is 13.5. The van der Waals surface area contributed by atoms with E-state index in [1.165, 1.54) is 0 Å². The molecule has 0 bridgehead atoms. The van der Waals surface area contributed by atoms with E-state index in [2.05, 4.69) is 4.98 Å². The molecule has 0 fully saturated rings. The minimum Gasteiger partial charge on any atom is -0.477 e. The summed E-state index contributed by atoms with van der Waals surface area (Å²) in [6.45, 7) is 0.326. The molecule has 0 saturated heterocycles. The average Bonchev–Trinajstić information content (AvgIpc) is 2.53. The fourth-order valence-electron chi connectivity index (χ4n) is 2.60. The molecule has 0 unspecified atom stereocenters. The molecule has 4 nitrogen and oxygen atoms in total. The molecule has 0 saturated carbocycles. The summed E-state index contributed by atoms with van der Waals surface area (Å²) in [6, 6.07) is 11.4. The highest BCUT2D eigenvalue weighted by molar-refractivity contribution is 5.90. The number of carbonyl (C=O) groups is 1. The van der Waals surface area contributed by atoms with Crippen LogP contribution in [0, 0.1) is 0 Å². The minimum absolute atomic E-state index is 0.159. The number of aryl methyl sites for hydroxylation is 2. The van der Waals surface area contributed by atoms with Crippen LogP contribution >= 0.6 is 0 Å². The van der Waals surface area contributed by atoms with Gasteiger partial charge in [0.15, 0.2) is 0 Å². The lowest BCUT2D eigenvalue weighted by Crippen LogP contribution is -2.12. The Hall–Kier alpha value is -2.36. The molecule has 2 aromatic rings. The van der Waals surface area contributed by atoms with Crippen molar-refractivity contribution in [2.24, 2.45) is 0 Å². The third kappa shape index (κ3) is 3.05. The summed E-state index contributed by atoms with van der Waals surface area (Å²) in [5.74, 6) is -0.758. The minimum atomic E-state index is -0.987. The first-order valence-corrected chi connectivity index (χ1v) is 7.17. The largest absolute Gasteiger partial charge is 0.477 e. The van der Waals surface area contributed by atoms with Crippen molar-refractivity contribution in [2.45, 2.75) is 32.3 Å². The second kappa shape index (κ2) is 5.95. The molecule has 1 aliphatic carbocycles. The van der Waals surface area contributed by atoms with E-state index >= 15 is 0 Å². The summed E-state index contributed by atoms with van der Waals surface area (Å²) in [5, 5.41) is 9.34. The quantitative estimate of drug-likeness (QED) is 0.935. The van der Waals surface area contributed by atoms with E-state index in [1.807, 2.05) is 30.3 Å². The number of benzene rings is 1. The summed E-state index contributed by atoms with van der Waals surface area (Å²) in [4.78, 5) is 15.8. The molecule has 21 heavy (non-hydrogen) atoms. The average molecular weight is 283 g/mol. The molecular formula is C17H17NO3. The van der Waals surface area contributed by atoms with E-state index < -0.39 is 5.97 Å². The lowest BCUT2D eigenvalue weighted by atomic mass is 9.95. The summed E-state index contributed by atoms with van der Waals surface area (Å²) in [5.41, 5.74) is 3.18. The molecule has 1 aromatic heterocycles. The number of pyridine rings is 1. The van der Waals surface area contributed by atoms with Crippen molar-refractivity contribution in [1.29, 1.82) is 0 Å². The third-order valence-electron chi connectivity index (χ3n) is 3.71. The smallest absolute Gasteiger partial charge is 0.341 e. The van der Waals surface area contributed by atoms with Gasteiger partial charge in [0.1, 0.15) is 12.2 Å². The van der Waals surface area contributed by atoms with Gasteiger partial charge in [-0.15, -0.1) is 0 Å². The van der Waals surface area contributed by atoms with Crippen LogP contribution in [0.3, 0.4) is 0 Å². The molecule has 1 heterocycles. The number of hydrogen-bond acceptors (Lipinski definition) is 3. The summed E-state index contributed by atoms with van der Waals surface area (Å²) < 4.78 is 5.66. The predicted octanol–water partition coefficient (Wildman–Crippen LogP) is 3.24. The van der Waals surface area contributed by atoms with Crippen molar-refractivity contribution in [3.05, 3.63) is 58.8 Å². The number of fused-ring (bicyclic) bond motifs is 1. The van der Waals surface area contributed by atoms with E-state index in [1.54, 1.807) is 6.07 Å². The van der Waals surface area contributed by atoms with Crippen LogP contribution in [0.1, 0.15) is 40.0 Å². The van der Waals surface area contributed by atoms with Gasteiger partial charge < -0.3 is 9.84 Å². The molecular weight excluding hydrogens is 266 g/mol. The molecule has 3 rings (SSSR count). The maximum atomic E-state index is 11.4. The zero-order valence-corrected chi connectivity index (χ0v) is 11.7. The van der Waals surface area contributed by atoms with Gasteiger partial charge in [0.25, 0.3) is 0 Å². The highest BCUT2D eigenvalue weighted by atomic mass is 16.5. The molecule has 1 N–H and O–H groups in total. The summed E-state index contributed by atoms with van der Waals surface area (Å²) in [7, 11) is 0. The second-order valence-electron chi connectivity index (χ2n) is 5.23. The van der Waals surface area contributed by atoms with E-state index in [4.69, 9.17) is 4.74 Å². The highest BCUT2D eigenvalue weighted by Gasteiger charge is 2.19. The molecule has 1 aliphatic rings. The van der Waals surface area contributed by atoms with Crippen LogP contribution in [-0.2, 0) is 19.4 Å². The van der Waals surface area contributed by atoms with Gasteiger partial charge in [0.2, 0.25) is 5.88 Å². The van der Waals surface area contributed by atoms with Crippen LogP contribution in [0.15, 0.2) is 36.4 Å². The van der Waals surface area contributed by atoms with E-state index in [0.29, 0.717) is 6.61 Å². The first-order valence-electron chi connectivity index (χ1n) is 7.17. The Balaban J connectivity index is 1.87. The van der Waals surface area contributed by atoms with Crippen molar-refractivity contribution < 1.29 is 14.6 Å². The van der Waals surface area contributed by atoms with Crippen molar-refractivity contribution in [1.82, 2.24) is 4.98 Å². The number of carboxylic acids is 1. The van der Waals surface area contributed by atoms with Crippen molar-refractivity contribution >= 4 is 5.97 Å². The standard InChI is InChI=1S/C17H17NO3/c19-17(20)14-10-13-8-4-5-9-15(13)18-16(14)21-11-12-6-2-1-3-7-12/h1-3,6-7,10H,4-5,8-9,11H2,(H,19,20). The zero-order chi connectivity index (χ0) is 14.7. The van der Waals surface area contributed by atoms with E-state index in [-0.39, 0.29) is 11.4 Å². The maximum absolute atomic E-state index is 11.4. The second-order valence-corrected chi connectivity index (χ2v) is 5.23. The van der Waals surface area contributed by atoms with Crippen LogP contribution in [-0.4, -0.2) is 16.1 Å². The van der Waals surface area contributed by atoms with Gasteiger partial charge in [0.05, 0.1) is 0 Å². The van der Waals surface area contributed by atoms with Gasteiger partial charge in [-0.2, -0.15) is 0 Å². The molecule has 0 atom stereocenters. The lowest BCUT2D eigenvalue weighted by molar-refractivity contribution is 0.0690. The number of carboxylic acid groups (broad SMARTS) is 1. The molecule has 0 spiro atoms. The van der Waals surface area contributed by atoms with Gasteiger partial charge in [-0.25, -0.2) is 9.78 Å². The van der Waals surface area contributed by atoms with Crippen LogP contribution < -0.4 is 4.74 Å². The highest BCUT2D eigenvalue weighted by Crippen LogP contribution is 2.26. The monoisotopic (exact) mass is 283 g/mol. The molecule has 0 radical (unpaired) electrons. The molecule has 0 aliphatic heterocycles. The number of ether oxygens (including phenoxy) is 1. The van der Waals surface area contributed by atoms with Crippen LogP contribution in [0.2, 0.25) is 0 Å². The lowest BCUT2D eigenvalue weighted by Gasteiger charge is -2.17. The molecule has 4 heteroatoms. The maximum Gasteiger partial charge on any atom is 0.341 e. The molecule has 1 aromatic carbocycles. The van der Waals surface area contributed by atoms with Crippen molar-refractivity contribution in [3.8, 4) is 5.88 Å². The SMILES string of the molecule is O=C(O)c1cc2c(nc1OCc1ccccc1)CCCC2. The fourth-order valence-corrected chi connectivity index (χ4v) is 2.60. The van der Waals surface area contributed by atoms with Gasteiger partial charge in [-0.05, 0) is 42.9 Å². The van der Waals surface area contributed by atoms with E-state index in [9.17, 15) is 9.90 Å². The fraction of sp³-hybridized carbons (Fsp3) is 0.294. The Morgan fingerprint density at radius 3 is 2.71 bits per heavy atom.